The Balaban J connectivity index is 2.11. The van der Waals surface area contributed by atoms with Gasteiger partial charge in [-0.3, -0.25) is 28.8 Å². The molecule has 0 aliphatic heterocycles. The molecule has 0 aromatic heterocycles. The number of amides is 2. The molecule has 3 N–H and O–H groups in total. The first-order chi connectivity index (χ1) is 18.8. The maximum Gasteiger partial charge on any atom is 0.315 e. The van der Waals surface area contributed by atoms with Gasteiger partial charge in [-0.15, -0.1) is 0 Å². The first-order valence-corrected chi connectivity index (χ1v) is 12.8. The number of hydrogen-bond acceptors (Lipinski definition) is 11. The fourth-order valence-electron chi connectivity index (χ4n) is 2.85. The first kappa shape index (κ1) is 34.0. The Morgan fingerprint density at radius 3 is 1.77 bits per heavy atom. The van der Waals surface area contributed by atoms with Crippen LogP contribution in [-0.4, -0.2) is 85.7 Å². The highest BCUT2D eigenvalue weighted by molar-refractivity contribution is 6.01. The summed E-state index contributed by atoms with van der Waals surface area (Å²) in [6.45, 7) is 6.31. The van der Waals surface area contributed by atoms with E-state index in [1.54, 1.807) is 26.0 Å². The van der Waals surface area contributed by atoms with Crippen molar-refractivity contribution in [2.45, 2.75) is 52.6 Å². The fourth-order valence-corrected chi connectivity index (χ4v) is 2.85. The van der Waals surface area contributed by atoms with Crippen LogP contribution < -0.4 is 15.4 Å². The lowest BCUT2D eigenvalue weighted by molar-refractivity contribution is -0.150. The van der Waals surface area contributed by atoms with Crippen LogP contribution in [0.2, 0.25) is 0 Å². The van der Waals surface area contributed by atoms with Crippen molar-refractivity contribution in [3.8, 4) is 5.75 Å². The summed E-state index contributed by atoms with van der Waals surface area (Å²) in [5, 5.41) is 14.6. The van der Waals surface area contributed by atoms with E-state index < -0.39 is 48.0 Å². The molecule has 0 atom stereocenters. The molecule has 0 spiro atoms. The second kappa shape index (κ2) is 17.6. The number of rotatable bonds is 18. The first-order valence-electron chi connectivity index (χ1n) is 12.8. The number of ether oxygens (including phenoxy) is 4. The number of benzene rings is 1. The molecule has 0 aliphatic carbocycles. The monoisotopic (exact) mass is 566 g/mol. The zero-order chi connectivity index (χ0) is 30.1. The standard InChI is InChI=1S/C27H38N2O11/c1-18(2)26(35)40-13-5-12-38-23(32)16-21(30)28-10-11-29-22(31)17-24(33)39-15-14-37-20-8-6-19(7-9-20)25(34)27(3,4)36/h6-9,18,36H,5,10-17H2,1-4H3,(H,28,30)(H,29,31). The zero-order valence-electron chi connectivity index (χ0n) is 23.3. The molecule has 222 valence electrons. The molecule has 0 radical (unpaired) electrons. The third-order valence-corrected chi connectivity index (χ3v) is 4.93. The summed E-state index contributed by atoms with van der Waals surface area (Å²) in [7, 11) is 0. The number of hydrogen-bond donors (Lipinski definition) is 3. The van der Waals surface area contributed by atoms with Gasteiger partial charge in [0.15, 0.2) is 5.78 Å². The highest BCUT2D eigenvalue weighted by atomic mass is 16.6. The van der Waals surface area contributed by atoms with Crippen molar-refractivity contribution in [3.05, 3.63) is 29.8 Å². The van der Waals surface area contributed by atoms with Crippen LogP contribution in [0.4, 0.5) is 0 Å². The van der Waals surface area contributed by atoms with Crippen molar-refractivity contribution in [2.24, 2.45) is 5.92 Å². The molecular formula is C27H38N2O11. The average molecular weight is 567 g/mol. The van der Waals surface area contributed by atoms with Gasteiger partial charge in [0, 0.05) is 25.1 Å². The summed E-state index contributed by atoms with van der Waals surface area (Å²) >= 11 is 0. The van der Waals surface area contributed by atoms with Crippen molar-refractivity contribution in [1.29, 1.82) is 0 Å². The molecule has 0 saturated carbocycles. The lowest BCUT2D eigenvalue weighted by atomic mass is 9.97. The van der Waals surface area contributed by atoms with Gasteiger partial charge < -0.3 is 34.7 Å². The minimum absolute atomic E-state index is 0.00900. The summed E-state index contributed by atoms with van der Waals surface area (Å²) in [5.41, 5.74) is -1.16. The number of Topliss-reactive ketones (excluding diaryl/α,β-unsaturated/α-hetero) is 1. The molecule has 0 fully saturated rings. The van der Waals surface area contributed by atoms with Gasteiger partial charge in [0.25, 0.3) is 0 Å². The van der Waals surface area contributed by atoms with Crippen LogP contribution in [-0.2, 0) is 38.2 Å². The van der Waals surface area contributed by atoms with E-state index in [9.17, 15) is 33.9 Å². The van der Waals surface area contributed by atoms with E-state index in [0.717, 1.165) is 0 Å². The highest BCUT2D eigenvalue weighted by Gasteiger charge is 2.25. The van der Waals surface area contributed by atoms with Gasteiger partial charge in [0.2, 0.25) is 11.8 Å². The maximum atomic E-state index is 12.0. The van der Waals surface area contributed by atoms with Gasteiger partial charge in [-0.2, -0.15) is 0 Å². The van der Waals surface area contributed by atoms with Gasteiger partial charge in [0.1, 0.15) is 37.4 Å². The van der Waals surface area contributed by atoms with E-state index in [2.05, 4.69) is 10.6 Å². The van der Waals surface area contributed by atoms with Gasteiger partial charge in [0.05, 0.1) is 19.1 Å². The number of carbonyl (C=O) groups is 6. The van der Waals surface area contributed by atoms with Crippen molar-refractivity contribution in [3.63, 3.8) is 0 Å². The van der Waals surface area contributed by atoms with E-state index in [0.29, 0.717) is 17.7 Å². The normalized spacial score (nSPS) is 10.8. The molecule has 0 heterocycles. The Morgan fingerprint density at radius 1 is 0.775 bits per heavy atom. The molecule has 0 bridgehead atoms. The van der Waals surface area contributed by atoms with E-state index >= 15 is 0 Å². The molecule has 0 saturated heterocycles. The number of esters is 3. The summed E-state index contributed by atoms with van der Waals surface area (Å²) in [4.78, 5) is 70.3. The van der Waals surface area contributed by atoms with E-state index in [-0.39, 0.29) is 51.4 Å². The molecule has 13 heteroatoms. The predicted molar refractivity (Wildman–Crippen MR) is 140 cm³/mol. The van der Waals surface area contributed by atoms with Gasteiger partial charge in [-0.1, -0.05) is 13.8 Å². The van der Waals surface area contributed by atoms with Crippen LogP contribution in [0.5, 0.6) is 5.75 Å². The van der Waals surface area contributed by atoms with Gasteiger partial charge >= 0.3 is 17.9 Å². The van der Waals surface area contributed by atoms with E-state index in [1.165, 1.54) is 26.0 Å². The summed E-state index contributed by atoms with van der Waals surface area (Å²) in [6, 6.07) is 6.12. The Kier molecular flexibility index (Phi) is 14.9. The molecular weight excluding hydrogens is 528 g/mol. The minimum Gasteiger partial charge on any atom is -0.490 e. The van der Waals surface area contributed by atoms with Crippen LogP contribution in [0.1, 0.15) is 57.3 Å². The Hall–Kier alpha value is -4.00. The molecule has 1 aromatic rings. The van der Waals surface area contributed by atoms with Crippen molar-refractivity contribution in [2.75, 3.05) is 39.5 Å². The SMILES string of the molecule is CC(C)C(=O)OCCCOC(=O)CC(=O)NCCNC(=O)CC(=O)OCCOc1ccc(C(=O)C(C)(C)O)cc1. The topological polar surface area (TPSA) is 184 Å². The van der Waals surface area contributed by atoms with Gasteiger partial charge in [-0.25, -0.2) is 0 Å². The molecule has 40 heavy (non-hydrogen) atoms. The predicted octanol–water partition coefficient (Wildman–Crippen LogP) is 0.707. The van der Waals surface area contributed by atoms with Crippen LogP contribution >= 0.6 is 0 Å². The number of aliphatic hydroxyl groups is 1. The third kappa shape index (κ3) is 14.8. The lowest BCUT2D eigenvalue weighted by Gasteiger charge is -2.15. The van der Waals surface area contributed by atoms with Crippen LogP contribution in [0, 0.1) is 5.92 Å². The largest absolute Gasteiger partial charge is 0.490 e. The van der Waals surface area contributed by atoms with Gasteiger partial charge in [-0.05, 0) is 38.1 Å². The lowest BCUT2D eigenvalue weighted by Crippen LogP contribution is -2.36. The van der Waals surface area contributed by atoms with E-state index in [4.69, 9.17) is 18.9 Å². The zero-order valence-corrected chi connectivity index (χ0v) is 23.3. The third-order valence-electron chi connectivity index (χ3n) is 4.93. The van der Waals surface area contributed by atoms with Crippen molar-refractivity contribution < 1.29 is 52.8 Å². The Morgan fingerprint density at radius 2 is 1.27 bits per heavy atom. The van der Waals surface area contributed by atoms with Crippen LogP contribution in [0.3, 0.4) is 0 Å². The van der Waals surface area contributed by atoms with Crippen LogP contribution in [0.25, 0.3) is 0 Å². The highest BCUT2D eigenvalue weighted by Crippen LogP contribution is 2.17. The Labute approximate surface area is 232 Å². The molecule has 1 aromatic carbocycles. The second-order valence-corrected chi connectivity index (χ2v) is 9.43. The average Bonchev–Trinajstić information content (AvgIpc) is 2.88. The van der Waals surface area contributed by atoms with Crippen molar-refractivity contribution >= 4 is 35.5 Å². The number of ketones is 1. The quantitative estimate of drug-likeness (QED) is 0.0747. The molecule has 2 amide bonds. The fraction of sp³-hybridized carbons (Fsp3) is 0.556. The smallest absolute Gasteiger partial charge is 0.315 e. The number of carbonyl (C=O) groups excluding carboxylic acids is 6. The number of nitrogens with one attached hydrogen (secondary N) is 2. The van der Waals surface area contributed by atoms with Crippen LogP contribution in [0.15, 0.2) is 24.3 Å². The molecule has 1 rings (SSSR count). The molecule has 0 aliphatic rings. The summed E-state index contributed by atoms with van der Waals surface area (Å²) in [5.74, 6) is -3.28. The summed E-state index contributed by atoms with van der Waals surface area (Å²) < 4.78 is 20.2. The molecule has 0 unspecified atom stereocenters. The molecule has 13 nitrogen and oxygen atoms in total. The Bertz CT molecular complexity index is 1010. The second-order valence-electron chi connectivity index (χ2n) is 9.43. The minimum atomic E-state index is -1.48. The maximum absolute atomic E-state index is 12.0. The summed E-state index contributed by atoms with van der Waals surface area (Å²) in [6.07, 6.45) is -0.715. The van der Waals surface area contributed by atoms with E-state index in [1.807, 2.05) is 0 Å². The van der Waals surface area contributed by atoms with Crippen molar-refractivity contribution in [1.82, 2.24) is 10.6 Å².